The molecule has 1 fully saturated rings. The highest BCUT2D eigenvalue weighted by atomic mass is 16.5. The number of alkyl carbamates (subject to hydrolysis) is 1. The SMILES string of the molecule is CC(CCNC(=O)C1(NC(=O)OCC2c3ccccc3-c3ccccc32)CCCCC1)CC(=O)O. The van der Waals surface area contributed by atoms with Crippen molar-refractivity contribution in [2.75, 3.05) is 13.2 Å². The molecule has 2 aliphatic carbocycles. The summed E-state index contributed by atoms with van der Waals surface area (Å²) < 4.78 is 5.71. The first-order valence-electron chi connectivity index (χ1n) is 12.5. The van der Waals surface area contributed by atoms with Crippen molar-refractivity contribution in [2.45, 2.75) is 63.3 Å². The number of nitrogens with one attached hydrogen (secondary N) is 2. The van der Waals surface area contributed by atoms with Gasteiger partial charge in [0.15, 0.2) is 0 Å². The van der Waals surface area contributed by atoms with Crippen LogP contribution in [0.4, 0.5) is 4.79 Å². The van der Waals surface area contributed by atoms with E-state index in [0.29, 0.717) is 25.8 Å². The van der Waals surface area contributed by atoms with Gasteiger partial charge in [0.1, 0.15) is 12.1 Å². The summed E-state index contributed by atoms with van der Waals surface area (Å²) in [6.07, 6.45) is 3.92. The largest absolute Gasteiger partial charge is 0.481 e. The quantitative estimate of drug-likeness (QED) is 0.478. The number of aliphatic carboxylic acids is 1. The van der Waals surface area contributed by atoms with Gasteiger partial charge in [0, 0.05) is 18.9 Å². The lowest BCUT2D eigenvalue weighted by molar-refractivity contribution is -0.138. The van der Waals surface area contributed by atoms with Crippen molar-refractivity contribution in [1.29, 1.82) is 0 Å². The van der Waals surface area contributed by atoms with Gasteiger partial charge in [-0.05, 0) is 47.4 Å². The number of carboxylic acids is 1. The zero-order valence-corrected chi connectivity index (χ0v) is 20.2. The third-order valence-electron chi connectivity index (χ3n) is 7.27. The molecular weight excluding hydrogens is 444 g/mol. The molecule has 7 nitrogen and oxygen atoms in total. The minimum atomic E-state index is -0.989. The van der Waals surface area contributed by atoms with E-state index in [4.69, 9.17) is 9.84 Å². The first-order valence-corrected chi connectivity index (χ1v) is 12.5. The molecule has 2 aliphatic rings. The topological polar surface area (TPSA) is 105 Å². The summed E-state index contributed by atoms with van der Waals surface area (Å²) in [7, 11) is 0. The maximum atomic E-state index is 13.1. The Labute approximate surface area is 206 Å². The van der Waals surface area contributed by atoms with Crippen LogP contribution in [0.25, 0.3) is 11.1 Å². The van der Waals surface area contributed by atoms with Gasteiger partial charge in [-0.1, -0.05) is 74.7 Å². The van der Waals surface area contributed by atoms with E-state index in [9.17, 15) is 14.4 Å². The van der Waals surface area contributed by atoms with Crippen LogP contribution in [-0.2, 0) is 14.3 Å². The highest BCUT2D eigenvalue weighted by Gasteiger charge is 2.41. The predicted octanol–water partition coefficient (Wildman–Crippen LogP) is 4.85. The molecule has 4 rings (SSSR count). The Balaban J connectivity index is 1.38. The number of ether oxygens (including phenoxy) is 1. The Bertz CT molecular complexity index is 1030. The second-order valence-electron chi connectivity index (χ2n) is 9.84. The number of carboxylic acid groups (broad SMARTS) is 1. The summed E-state index contributed by atoms with van der Waals surface area (Å²) >= 11 is 0. The van der Waals surface area contributed by atoms with Crippen molar-refractivity contribution in [3.05, 3.63) is 59.7 Å². The van der Waals surface area contributed by atoms with E-state index >= 15 is 0 Å². The zero-order chi connectivity index (χ0) is 24.8. The lowest BCUT2D eigenvalue weighted by atomic mass is 9.81. The number of benzene rings is 2. The molecule has 0 spiro atoms. The van der Waals surface area contributed by atoms with E-state index in [-0.39, 0.29) is 30.8 Å². The highest BCUT2D eigenvalue weighted by Crippen LogP contribution is 2.44. The molecule has 1 saturated carbocycles. The van der Waals surface area contributed by atoms with Gasteiger partial charge in [0.25, 0.3) is 0 Å². The molecule has 0 saturated heterocycles. The lowest BCUT2D eigenvalue weighted by Crippen LogP contribution is -2.60. The fourth-order valence-electron chi connectivity index (χ4n) is 5.40. The number of hydrogen-bond acceptors (Lipinski definition) is 4. The third-order valence-corrected chi connectivity index (χ3v) is 7.27. The minimum Gasteiger partial charge on any atom is -0.481 e. The number of carbonyl (C=O) groups is 3. The van der Waals surface area contributed by atoms with E-state index in [0.717, 1.165) is 41.5 Å². The van der Waals surface area contributed by atoms with Crippen molar-refractivity contribution < 1.29 is 24.2 Å². The van der Waals surface area contributed by atoms with E-state index in [1.807, 2.05) is 31.2 Å². The fourth-order valence-corrected chi connectivity index (χ4v) is 5.40. The Morgan fingerprint density at radius 1 is 1.00 bits per heavy atom. The standard InChI is InChI=1S/C28H34N2O5/c1-19(17-25(31)32)13-16-29-26(33)28(14-7-2-8-15-28)30-27(34)35-18-24-22-11-5-3-9-20(22)21-10-4-6-12-23(21)24/h3-6,9-12,19,24H,2,7-8,13-18H2,1H3,(H,29,33)(H,30,34)(H,31,32). The van der Waals surface area contributed by atoms with E-state index in [2.05, 4.69) is 34.9 Å². The van der Waals surface area contributed by atoms with Crippen molar-refractivity contribution in [1.82, 2.24) is 10.6 Å². The van der Waals surface area contributed by atoms with Crippen LogP contribution in [-0.4, -0.2) is 41.8 Å². The van der Waals surface area contributed by atoms with Crippen molar-refractivity contribution >= 4 is 18.0 Å². The molecule has 0 aliphatic heterocycles. The summed E-state index contributed by atoms with van der Waals surface area (Å²) in [5, 5.41) is 14.8. The number of rotatable bonds is 9. The van der Waals surface area contributed by atoms with Crippen LogP contribution in [0.2, 0.25) is 0 Å². The molecule has 1 unspecified atom stereocenters. The second-order valence-corrected chi connectivity index (χ2v) is 9.84. The Morgan fingerprint density at radius 2 is 1.60 bits per heavy atom. The molecule has 1 atom stereocenters. The summed E-state index contributed by atoms with van der Waals surface area (Å²) in [4.78, 5) is 36.9. The van der Waals surface area contributed by atoms with Gasteiger partial charge in [-0.3, -0.25) is 9.59 Å². The van der Waals surface area contributed by atoms with Crippen molar-refractivity contribution in [3.63, 3.8) is 0 Å². The molecule has 2 amide bonds. The van der Waals surface area contributed by atoms with Crippen LogP contribution >= 0.6 is 0 Å². The van der Waals surface area contributed by atoms with Gasteiger partial charge in [0.05, 0.1) is 0 Å². The normalized spacial score (nSPS) is 17.1. The lowest BCUT2D eigenvalue weighted by Gasteiger charge is -2.36. The van der Waals surface area contributed by atoms with Gasteiger partial charge < -0.3 is 20.5 Å². The first kappa shape index (κ1) is 24.8. The molecular formula is C28H34N2O5. The van der Waals surface area contributed by atoms with E-state index in [1.165, 1.54) is 0 Å². The van der Waals surface area contributed by atoms with Crippen LogP contribution < -0.4 is 10.6 Å². The van der Waals surface area contributed by atoms with E-state index in [1.54, 1.807) is 0 Å². The average molecular weight is 479 g/mol. The van der Waals surface area contributed by atoms with Gasteiger partial charge in [-0.2, -0.15) is 0 Å². The van der Waals surface area contributed by atoms with Gasteiger partial charge in [-0.15, -0.1) is 0 Å². The molecule has 0 radical (unpaired) electrons. The molecule has 2 aromatic carbocycles. The Kier molecular flexibility index (Phi) is 7.73. The molecule has 0 heterocycles. The zero-order valence-electron chi connectivity index (χ0n) is 20.2. The molecule has 0 bridgehead atoms. The summed E-state index contributed by atoms with van der Waals surface area (Å²) in [6, 6.07) is 16.3. The highest BCUT2D eigenvalue weighted by molar-refractivity contribution is 5.90. The summed E-state index contributed by atoms with van der Waals surface area (Å²) in [5.74, 6) is -1.14. The Morgan fingerprint density at radius 3 is 2.20 bits per heavy atom. The van der Waals surface area contributed by atoms with Crippen LogP contribution in [0, 0.1) is 5.92 Å². The molecule has 186 valence electrons. The van der Waals surface area contributed by atoms with Crippen molar-refractivity contribution in [3.8, 4) is 11.1 Å². The molecule has 7 heteroatoms. The monoisotopic (exact) mass is 478 g/mol. The van der Waals surface area contributed by atoms with E-state index < -0.39 is 17.6 Å². The van der Waals surface area contributed by atoms with Gasteiger partial charge in [0.2, 0.25) is 5.91 Å². The molecule has 3 N–H and O–H groups in total. The number of fused-ring (bicyclic) bond motifs is 3. The minimum absolute atomic E-state index is 0.0369. The van der Waals surface area contributed by atoms with Gasteiger partial charge >= 0.3 is 12.1 Å². The average Bonchev–Trinajstić information content (AvgIpc) is 3.16. The van der Waals surface area contributed by atoms with Crippen LogP contribution in [0.3, 0.4) is 0 Å². The number of amides is 2. The third kappa shape index (κ3) is 5.66. The molecule has 0 aromatic heterocycles. The molecule has 35 heavy (non-hydrogen) atoms. The van der Waals surface area contributed by atoms with Crippen LogP contribution in [0.5, 0.6) is 0 Å². The second kappa shape index (κ2) is 10.9. The smallest absolute Gasteiger partial charge is 0.408 e. The Hall–Kier alpha value is -3.35. The predicted molar refractivity (Wildman–Crippen MR) is 133 cm³/mol. The molecule has 2 aromatic rings. The number of carbonyl (C=O) groups excluding carboxylic acids is 2. The van der Waals surface area contributed by atoms with Crippen LogP contribution in [0.1, 0.15) is 68.9 Å². The summed E-state index contributed by atoms with van der Waals surface area (Å²) in [6.45, 7) is 2.43. The summed E-state index contributed by atoms with van der Waals surface area (Å²) in [5.41, 5.74) is 3.62. The maximum absolute atomic E-state index is 13.1. The number of hydrogen-bond donors (Lipinski definition) is 3. The van der Waals surface area contributed by atoms with Crippen molar-refractivity contribution in [2.24, 2.45) is 5.92 Å². The van der Waals surface area contributed by atoms with Gasteiger partial charge in [-0.25, -0.2) is 4.79 Å². The first-order chi connectivity index (χ1) is 16.9. The van der Waals surface area contributed by atoms with Crippen LogP contribution in [0.15, 0.2) is 48.5 Å². The maximum Gasteiger partial charge on any atom is 0.408 e. The fraction of sp³-hybridized carbons (Fsp3) is 0.464.